The lowest BCUT2D eigenvalue weighted by molar-refractivity contribution is -0.141. The summed E-state index contributed by atoms with van der Waals surface area (Å²) in [5.41, 5.74) is 2.33. The Morgan fingerprint density at radius 2 is 2.25 bits per heavy atom. The van der Waals surface area contributed by atoms with Crippen LogP contribution in [0.1, 0.15) is 30.5 Å². The van der Waals surface area contributed by atoms with Crippen LogP contribution in [0, 0.1) is 5.92 Å². The summed E-state index contributed by atoms with van der Waals surface area (Å²) in [6.45, 7) is 3.28. The first-order valence-corrected chi connectivity index (χ1v) is 7.33. The minimum atomic E-state index is -0.208. The van der Waals surface area contributed by atoms with Crippen molar-refractivity contribution in [1.82, 2.24) is 4.90 Å². The maximum absolute atomic E-state index is 12.7. The van der Waals surface area contributed by atoms with Gasteiger partial charge in [-0.15, -0.1) is 0 Å². The average molecular weight is 275 g/mol. The fourth-order valence-electron chi connectivity index (χ4n) is 3.38. The SMILES string of the molecule is C[C@@H]1OCC[C@@H]1C(=O)N1CCc2ccccc2[C@H]1CO. The van der Waals surface area contributed by atoms with E-state index in [-0.39, 0.29) is 30.6 Å². The first-order valence-electron chi connectivity index (χ1n) is 7.33. The van der Waals surface area contributed by atoms with E-state index in [1.807, 2.05) is 30.0 Å². The van der Waals surface area contributed by atoms with Crippen LogP contribution >= 0.6 is 0 Å². The molecule has 3 atom stereocenters. The number of carbonyl (C=O) groups excluding carboxylic acids is 1. The summed E-state index contributed by atoms with van der Waals surface area (Å²) < 4.78 is 5.51. The van der Waals surface area contributed by atoms with Crippen molar-refractivity contribution >= 4 is 5.91 Å². The van der Waals surface area contributed by atoms with Gasteiger partial charge < -0.3 is 14.7 Å². The summed E-state index contributed by atoms with van der Waals surface area (Å²) in [7, 11) is 0. The second-order valence-electron chi connectivity index (χ2n) is 5.65. The van der Waals surface area contributed by atoms with E-state index in [0.29, 0.717) is 13.2 Å². The van der Waals surface area contributed by atoms with Gasteiger partial charge in [-0.3, -0.25) is 4.79 Å². The summed E-state index contributed by atoms with van der Waals surface area (Å²) in [6.07, 6.45) is 1.63. The van der Waals surface area contributed by atoms with E-state index in [1.54, 1.807) is 0 Å². The monoisotopic (exact) mass is 275 g/mol. The standard InChI is InChI=1S/C16H21NO3/c1-11-13(7-9-20-11)16(19)17-8-6-12-4-2-3-5-14(12)15(17)10-18/h2-5,11,13,15,18H,6-10H2,1H3/t11-,13-,15+/m0/s1. The molecule has 2 heterocycles. The van der Waals surface area contributed by atoms with E-state index in [2.05, 4.69) is 6.07 Å². The quantitative estimate of drug-likeness (QED) is 0.890. The van der Waals surface area contributed by atoms with Crippen LogP contribution in [-0.4, -0.2) is 41.8 Å². The van der Waals surface area contributed by atoms with Gasteiger partial charge in [-0.1, -0.05) is 24.3 Å². The van der Waals surface area contributed by atoms with Crippen LogP contribution in [0.5, 0.6) is 0 Å². The van der Waals surface area contributed by atoms with E-state index in [4.69, 9.17) is 4.74 Å². The summed E-state index contributed by atoms with van der Waals surface area (Å²) in [4.78, 5) is 14.6. The Balaban J connectivity index is 1.85. The van der Waals surface area contributed by atoms with Crippen molar-refractivity contribution in [2.24, 2.45) is 5.92 Å². The van der Waals surface area contributed by atoms with Gasteiger partial charge in [0.2, 0.25) is 5.91 Å². The van der Waals surface area contributed by atoms with E-state index < -0.39 is 0 Å². The number of carbonyl (C=O) groups is 1. The Morgan fingerprint density at radius 1 is 1.45 bits per heavy atom. The summed E-state index contributed by atoms with van der Waals surface area (Å²) >= 11 is 0. The zero-order valence-corrected chi connectivity index (χ0v) is 11.8. The zero-order valence-electron chi connectivity index (χ0n) is 11.8. The molecule has 20 heavy (non-hydrogen) atoms. The molecule has 4 nitrogen and oxygen atoms in total. The lowest BCUT2D eigenvalue weighted by Crippen LogP contribution is -2.45. The molecular weight excluding hydrogens is 254 g/mol. The number of nitrogens with zero attached hydrogens (tertiary/aromatic N) is 1. The zero-order chi connectivity index (χ0) is 14.1. The van der Waals surface area contributed by atoms with Crippen molar-refractivity contribution in [3.8, 4) is 0 Å². The minimum absolute atomic E-state index is 0.0148. The first kappa shape index (κ1) is 13.6. The summed E-state index contributed by atoms with van der Waals surface area (Å²) in [5.74, 6) is 0.0675. The molecule has 0 unspecified atom stereocenters. The molecule has 1 aromatic carbocycles. The highest BCUT2D eigenvalue weighted by Gasteiger charge is 2.38. The van der Waals surface area contributed by atoms with Crippen molar-refractivity contribution < 1.29 is 14.6 Å². The Labute approximate surface area is 119 Å². The molecule has 1 saturated heterocycles. The van der Waals surface area contributed by atoms with Gasteiger partial charge in [-0.2, -0.15) is 0 Å². The third kappa shape index (κ3) is 2.23. The van der Waals surface area contributed by atoms with Gasteiger partial charge in [-0.05, 0) is 30.9 Å². The number of benzene rings is 1. The van der Waals surface area contributed by atoms with Crippen molar-refractivity contribution in [3.05, 3.63) is 35.4 Å². The van der Waals surface area contributed by atoms with Gasteiger partial charge >= 0.3 is 0 Å². The van der Waals surface area contributed by atoms with Crippen LogP contribution in [0.15, 0.2) is 24.3 Å². The second kappa shape index (κ2) is 5.54. The van der Waals surface area contributed by atoms with Crippen LogP contribution in [0.25, 0.3) is 0 Å². The van der Waals surface area contributed by atoms with Crippen LogP contribution in [0.2, 0.25) is 0 Å². The molecule has 2 aliphatic heterocycles. The van der Waals surface area contributed by atoms with Crippen molar-refractivity contribution in [3.63, 3.8) is 0 Å². The number of fused-ring (bicyclic) bond motifs is 1. The summed E-state index contributed by atoms with van der Waals surface area (Å²) in [5, 5.41) is 9.74. The van der Waals surface area contributed by atoms with Gasteiger partial charge in [0.05, 0.1) is 24.7 Å². The minimum Gasteiger partial charge on any atom is -0.394 e. The maximum atomic E-state index is 12.7. The van der Waals surface area contributed by atoms with Crippen molar-refractivity contribution in [2.75, 3.05) is 19.8 Å². The lowest BCUT2D eigenvalue weighted by Gasteiger charge is -2.38. The van der Waals surface area contributed by atoms with Gasteiger partial charge in [0.25, 0.3) is 0 Å². The third-order valence-electron chi connectivity index (χ3n) is 4.56. The molecule has 0 bridgehead atoms. The Bertz CT molecular complexity index is 502. The topological polar surface area (TPSA) is 49.8 Å². The number of rotatable bonds is 2. The number of ether oxygens (including phenoxy) is 1. The van der Waals surface area contributed by atoms with Crippen molar-refractivity contribution in [2.45, 2.75) is 31.9 Å². The molecule has 1 amide bonds. The molecule has 0 aromatic heterocycles. The number of aliphatic hydroxyl groups excluding tert-OH is 1. The molecule has 0 aliphatic carbocycles. The molecule has 1 N–H and O–H groups in total. The smallest absolute Gasteiger partial charge is 0.228 e. The van der Waals surface area contributed by atoms with E-state index in [9.17, 15) is 9.90 Å². The molecule has 0 spiro atoms. The largest absolute Gasteiger partial charge is 0.394 e. The maximum Gasteiger partial charge on any atom is 0.228 e. The fraction of sp³-hybridized carbons (Fsp3) is 0.562. The number of hydrogen-bond acceptors (Lipinski definition) is 3. The molecule has 0 radical (unpaired) electrons. The van der Waals surface area contributed by atoms with E-state index >= 15 is 0 Å². The molecule has 4 heteroatoms. The molecule has 0 saturated carbocycles. The average Bonchev–Trinajstić information content (AvgIpc) is 2.91. The van der Waals surface area contributed by atoms with Gasteiger partial charge in [-0.25, -0.2) is 0 Å². The molecule has 1 fully saturated rings. The van der Waals surface area contributed by atoms with Crippen LogP contribution in [0.3, 0.4) is 0 Å². The molecular formula is C16H21NO3. The Kier molecular flexibility index (Phi) is 3.76. The van der Waals surface area contributed by atoms with Crippen molar-refractivity contribution in [1.29, 1.82) is 0 Å². The lowest BCUT2D eigenvalue weighted by atomic mass is 9.90. The second-order valence-corrected chi connectivity index (χ2v) is 5.65. The normalized spacial score (nSPS) is 29.3. The predicted octanol–water partition coefficient (Wildman–Crippen LogP) is 1.53. The van der Waals surface area contributed by atoms with Gasteiger partial charge in [0, 0.05) is 13.2 Å². The number of hydrogen-bond donors (Lipinski definition) is 1. The van der Waals surface area contributed by atoms with E-state index in [0.717, 1.165) is 18.4 Å². The molecule has 108 valence electrons. The molecule has 1 aromatic rings. The number of aliphatic hydroxyl groups is 1. The molecule has 3 rings (SSSR count). The molecule has 2 aliphatic rings. The number of amides is 1. The van der Waals surface area contributed by atoms with Gasteiger partial charge in [0.15, 0.2) is 0 Å². The Hall–Kier alpha value is -1.39. The first-order chi connectivity index (χ1) is 9.72. The highest BCUT2D eigenvalue weighted by molar-refractivity contribution is 5.80. The predicted molar refractivity (Wildman–Crippen MR) is 75.2 cm³/mol. The van der Waals surface area contributed by atoms with Gasteiger partial charge in [0.1, 0.15) is 0 Å². The Morgan fingerprint density at radius 3 is 2.95 bits per heavy atom. The highest BCUT2D eigenvalue weighted by Crippen LogP contribution is 2.32. The van der Waals surface area contributed by atoms with E-state index in [1.165, 1.54) is 5.56 Å². The summed E-state index contributed by atoms with van der Waals surface area (Å²) in [6, 6.07) is 7.87. The van der Waals surface area contributed by atoms with Crippen LogP contribution in [-0.2, 0) is 16.0 Å². The highest BCUT2D eigenvalue weighted by atomic mass is 16.5. The third-order valence-corrected chi connectivity index (χ3v) is 4.56. The van der Waals surface area contributed by atoms with Crippen LogP contribution in [0.4, 0.5) is 0 Å². The fourth-order valence-corrected chi connectivity index (χ4v) is 3.38. The van der Waals surface area contributed by atoms with Crippen LogP contribution < -0.4 is 0 Å².